The Labute approximate surface area is 127 Å². The molecule has 0 aliphatic heterocycles. The van der Waals surface area contributed by atoms with E-state index in [1.165, 1.54) is 0 Å². The maximum Gasteiger partial charge on any atom is 0.153 e. The Morgan fingerprint density at radius 2 is 1.29 bits per heavy atom. The Bertz CT molecular complexity index is 523. The number of rotatable bonds is 6. The number of carbonyl (C=O) groups excluding carboxylic acids is 1. The summed E-state index contributed by atoms with van der Waals surface area (Å²) in [6.45, 7) is 3.92. The minimum absolute atomic E-state index is 0.0115. The summed E-state index contributed by atoms with van der Waals surface area (Å²) in [4.78, 5) is 12.6. The lowest BCUT2D eigenvalue weighted by molar-refractivity contribution is -0.124. The number of benzene rings is 2. The Kier molecular flexibility index (Phi) is 5.29. The normalized spacial score (nSPS) is 12.6. The highest BCUT2D eigenvalue weighted by atomic mass is 16.1. The van der Waals surface area contributed by atoms with Crippen LogP contribution in [0, 0.1) is 5.92 Å². The molecule has 0 saturated carbocycles. The lowest BCUT2D eigenvalue weighted by Crippen LogP contribution is -2.42. The van der Waals surface area contributed by atoms with Crippen molar-refractivity contribution in [2.24, 2.45) is 5.92 Å². The van der Waals surface area contributed by atoms with Crippen LogP contribution in [0.2, 0.25) is 0 Å². The summed E-state index contributed by atoms with van der Waals surface area (Å²) in [7, 11) is 1.86. The predicted octanol–water partition coefficient (Wildman–Crippen LogP) is 3.63. The molecule has 2 aromatic rings. The summed E-state index contributed by atoms with van der Waals surface area (Å²) >= 11 is 0. The summed E-state index contributed by atoms with van der Waals surface area (Å²) < 4.78 is 0. The fourth-order valence-corrected chi connectivity index (χ4v) is 2.73. The van der Waals surface area contributed by atoms with E-state index >= 15 is 0 Å². The van der Waals surface area contributed by atoms with Crippen LogP contribution in [0.1, 0.15) is 30.9 Å². The third-order valence-electron chi connectivity index (χ3n) is 3.84. The van der Waals surface area contributed by atoms with Gasteiger partial charge in [0.25, 0.3) is 0 Å². The average Bonchev–Trinajstić information content (AvgIpc) is 2.53. The number of nitrogens with one attached hydrogen (secondary N) is 1. The van der Waals surface area contributed by atoms with E-state index in [4.69, 9.17) is 0 Å². The van der Waals surface area contributed by atoms with Crippen LogP contribution in [0.4, 0.5) is 0 Å². The quantitative estimate of drug-likeness (QED) is 0.876. The van der Waals surface area contributed by atoms with Crippen LogP contribution in [0.25, 0.3) is 0 Å². The molecular formula is C19H23NO. The van der Waals surface area contributed by atoms with Gasteiger partial charge in [-0.25, -0.2) is 0 Å². The van der Waals surface area contributed by atoms with Gasteiger partial charge in [0.1, 0.15) is 0 Å². The van der Waals surface area contributed by atoms with Crippen LogP contribution in [0.3, 0.4) is 0 Å². The van der Waals surface area contributed by atoms with Gasteiger partial charge in [0, 0.05) is 11.8 Å². The highest BCUT2D eigenvalue weighted by molar-refractivity contribution is 5.87. The lowest BCUT2D eigenvalue weighted by Gasteiger charge is -2.28. The monoisotopic (exact) mass is 281 g/mol. The van der Waals surface area contributed by atoms with Crippen LogP contribution in [0.15, 0.2) is 60.7 Å². The molecule has 110 valence electrons. The van der Waals surface area contributed by atoms with Gasteiger partial charge >= 0.3 is 0 Å². The van der Waals surface area contributed by atoms with Crippen molar-refractivity contribution in [1.82, 2.24) is 5.32 Å². The zero-order chi connectivity index (χ0) is 15.2. The van der Waals surface area contributed by atoms with Crippen molar-refractivity contribution in [2.75, 3.05) is 7.05 Å². The van der Waals surface area contributed by atoms with E-state index in [1.807, 2.05) is 57.3 Å². The Hall–Kier alpha value is -1.93. The number of carbonyl (C=O) groups is 1. The van der Waals surface area contributed by atoms with E-state index in [-0.39, 0.29) is 23.7 Å². The number of likely N-dealkylation sites (N-methyl/N-ethyl adjacent to an activating group) is 1. The number of hydrogen-bond donors (Lipinski definition) is 1. The van der Waals surface area contributed by atoms with Crippen LogP contribution in [-0.4, -0.2) is 18.9 Å². The van der Waals surface area contributed by atoms with Crippen molar-refractivity contribution >= 4 is 5.78 Å². The van der Waals surface area contributed by atoms with Gasteiger partial charge in [0.2, 0.25) is 0 Å². The summed E-state index contributed by atoms with van der Waals surface area (Å²) in [5.41, 5.74) is 2.33. The molecule has 2 rings (SSSR count). The van der Waals surface area contributed by atoms with Crippen molar-refractivity contribution in [3.63, 3.8) is 0 Å². The highest BCUT2D eigenvalue weighted by Gasteiger charge is 2.30. The first-order chi connectivity index (χ1) is 10.1. The second-order valence-corrected chi connectivity index (χ2v) is 5.62. The molecule has 0 saturated heterocycles. The van der Waals surface area contributed by atoms with Gasteiger partial charge in [0.05, 0.1) is 6.04 Å². The standard InChI is InChI=1S/C19H23NO/c1-14(2)19(21)18(20-3)17(15-10-6-4-7-11-15)16-12-8-5-9-13-16/h4-14,17-18,20H,1-3H3. The SMILES string of the molecule is CNC(C(=O)C(C)C)C(c1ccccc1)c1ccccc1. The van der Waals surface area contributed by atoms with E-state index in [9.17, 15) is 4.79 Å². The molecule has 0 aromatic heterocycles. The molecule has 0 amide bonds. The fourth-order valence-electron chi connectivity index (χ4n) is 2.73. The molecule has 0 radical (unpaired) electrons. The van der Waals surface area contributed by atoms with Crippen LogP contribution < -0.4 is 5.32 Å². The van der Waals surface area contributed by atoms with E-state index in [2.05, 4.69) is 29.6 Å². The van der Waals surface area contributed by atoms with Crippen molar-refractivity contribution < 1.29 is 4.79 Å². The molecule has 0 aliphatic rings. The second-order valence-electron chi connectivity index (χ2n) is 5.62. The molecule has 1 unspecified atom stereocenters. The molecule has 0 heterocycles. The van der Waals surface area contributed by atoms with Crippen LogP contribution in [0.5, 0.6) is 0 Å². The first kappa shape index (κ1) is 15.5. The van der Waals surface area contributed by atoms with Crippen molar-refractivity contribution in [3.8, 4) is 0 Å². The maximum atomic E-state index is 12.6. The van der Waals surface area contributed by atoms with Crippen LogP contribution in [-0.2, 0) is 4.79 Å². The molecule has 2 aromatic carbocycles. The van der Waals surface area contributed by atoms with Gasteiger partial charge in [-0.1, -0.05) is 74.5 Å². The van der Waals surface area contributed by atoms with Gasteiger partial charge in [-0.05, 0) is 18.2 Å². The predicted molar refractivity (Wildman–Crippen MR) is 87.4 cm³/mol. The molecule has 1 N–H and O–H groups in total. The van der Waals surface area contributed by atoms with Gasteiger partial charge in [-0.15, -0.1) is 0 Å². The third-order valence-corrected chi connectivity index (χ3v) is 3.84. The Balaban J connectivity index is 2.48. The molecule has 0 fully saturated rings. The summed E-state index contributed by atoms with van der Waals surface area (Å²) in [5, 5.41) is 3.23. The van der Waals surface area contributed by atoms with Gasteiger partial charge in [-0.2, -0.15) is 0 Å². The fraction of sp³-hybridized carbons (Fsp3) is 0.316. The minimum atomic E-state index is -0.213. The molecule has 1 atom stereocenters. The van der Waals surface area contributed by atoms with E-state index in [0.717, 1.165) is 11.1 Å². The summed E-state index contributed by atoms with van der Waals surface area (Å²) in [6.07, 6.45) is 0. The number of ketones is 1. The second kappa shape index (κ2) is 7.19. The lowest BCUT2D eigenvalue weighted by atomic mass is 9.81. The molecular weight excluding hydrogens is 258 g/mol. The molecule has 2 nitrogen and oxygen atoms in total. The largest absolute Gasteiger partial charge is 0.310 e. The van der Waals surface area contributed by atoms with Gasteiger partial charge < -0.3 is 5.32 Å². The zero-order valence-corrected chi connectivity index (χ0v) is 12.9. The van der Waals surface area contributed by atoms with E-state index < -0.39 is 0 Å². The maximum absolute atomic E-state index is 12.6. The molecule has 0 aliphatic carbocycles. The summed E-state index contributed by atoms with van der Waals surface area (Å²) in [5.74, 6) is 0.292. The highest BCUT2D eigenvalue weighted by Crippen LogP contribution is 2.29. The third kappa shape index (κ3) is 3.59. The molecule has 21 heavy (non-hydrogen) atoms. The average molecular weight is 281 g/mol. The zero-order valence-electron chi connectivity index (χ0n) is 12.9. The van der Waals surface area contributed by atoms with E-state index in [0.29, 0.717) is 0 Å². The minimum Gasteiger partial charge on any atom is -0.310 e. The van der Waals surface area contributed by atoms with Crippen molar-refractivity contribution in [1.29, 1.82) is 0 Å². The summed E-state index contributed by atoms with van der Waals surface area (Å²) in [6, 6.07) is 20.3. The van der Waals surface area contributed by atoms with Crippen LogP contribution >= 0.6 is 0 Å². The van der Waals surface area contributed by atoms with Crippen molar-refractivity contribution in [2.45, 2.75) is 25.8 Å². The molecule has 0 bridgehead atoms. The van der Waals surface area contributed by atoms with Crippen molar-refractivity contribution in [3.05, 3.63) is 71.8 Å². The van der Waals surface area contributed by atoms with Gasteiger partial charge in [-0.3, -0.25) is 4.79 Å². The number of hydrogen-bond acceptors (Lipinski definition) is 2. The first-order valence-electron chi connectivity index (χ1n) is 7.46. The first-order valence-corrected chi connectivity index (χ1v) is 7.46. The smallest absolute Gasteiger partial charge is 0.153 e. The van der Waals surface area contributed by atoms with E-state index in [1.54, 1.807) is 0 Å². The Morgan fingerprint density at radius 3 is 1.62 bits per heavy atom. The Morgan fingerprint density at radius 1 is 0.857 bits per heavy atom. The topological polar surface area (TPSA) is 29.1 Å². The molecule has 0 spiro atoms. The number of Topliss-reactive ketones (excluding diaryl/α,β-unsaturated/α-hetero) is 1. The van der Waals surface area contributed by atoms with Gasteiger partial charge in [0.15, 0.2) is 5.78 Å². The molecule has 2 heteroatoms.